The molecular formula is C15H23N3O3. The molecule has 0 saturated carbocycles. The second-order valence-corrected chi connectivity index (χ2v) is 4.89. The minimum atomic E-state index is -0.453. The second kappa shape index (κ2) is 8.24. The van der Waals surface area contributed by atoms with Crippen molar-refractivity contribution in [3.05, 3.63) is 33.9 Å². The van der Waals surface area contributed by atoms with Gasteiger partial charge in [-0.3, -0.25) is 14.9 Å². The van der Waals surface area contributed by atoms with Crippen LogP contribution in [0.4, 0.5) is 11.4 Å². The van der Waals surface area contributed by atoms with E-state index in [0.29, 0.717) is 17.8 Å². The van der Waals surface area contributed by atoms with Crippen molar-refractivity contribution >= 4 is 17.3 Å². The summed E-state index contributed by atoms with van der Waals surface area (Å²) in [6.07, 6.45) is 2.80. The predicted octanol–water partition coefficient (Wildman–Crippen LogP) is 3.34. The Morgan fingerprint density at radius 1 is 1.33 bits per heavy atom. The lowest BCUT2D eigenvalue weighted by molar-refractivity contribution is -0.384. The maximum absolute atomic E-state index is 12.2. The molecule has 1 aromatic rings. The molecule has 6 heteroatoms. The highest BCUT2D eigenvalue weighted by Gasteiger charge is 2.17. The van der Waals surface area contributed by atoms with Crippen LogP contribution in [0, 0.1) is 10.1 Å². The molecule has 0 aliphatic carbocycles. The summed E-state index contributed by atoms with van der Waals surface area (Å²) in [7, 11) is 0. The van der Waals surface area contributed by atoms with Crippen molar-refractivity contribution in [2.45, 2.75) is 46.1 Å². The molecule has 0 aromatic heterocycles. The van der Waals surface area contributed by atoms with E-state index in [0.717, 1.165) is 19.3 Å². The summed E-state index contributed by atoms with van der Waals surface area (Å²) in [4.78, 5) is 22.7. The van der Waals surface area contributed by atoms with Gasteiger partial charge in [-0.15, -0.1) is 0 Å². The third kappa shape index (κ3) is 4.73. The molecule has 0 heterocycles. The zero-order valence-electron chi connectivity index (χ0n) is 12.8. The van der Waals surface area contributed by atoms with Crippen molar-refractivity contribution in [2.24, 2.45) is 0 Å². The van der Waals surface area contributed by atoms with Gasteiger partial charge in [0.1, 0.15) is 5.69 Å². The average molecular weight is 293 g/mol. The van der Waals surface area contributed by atoms with Gasteiger partial charge < -0.3 is 10.6 Å². The van der Waals surface area contributed by atoms with Crippen LogP contribution in [0.15, 0.2) is 18.2 Å². The summed E-state index contributed by atoms with van der Waals surface area (Å²) in [6.45, 7) is 6.51. The number of nitrogens with zero attached hydrogens (tertiary/aromatic N) is 1. The molecule has 6 nitrogen and oxygen atoms in total. The molecule has 0 bridgehead atoms. The van der Waals surface area contributed by atoms with E-state index in [2.05, 4.69) is 17.6 Å². The van der Waals surface area contributed by atoms with Crippen LogP contribution in [-0.4, -0.2) is 23.4 Å². The topological polar surface area (TPSA) is 84.3 Å². The van der Waals surface area contributed by atoms with Crippen LogP contribution in [0.1, 0.15) is 50.4 Å². The molecule has 0 fully saturated rings. The molecule has 1 aromatic carbocycles. The molecule has 0 aliphatic rings. The fourth-order valence-corrected chi connectivity index (χ4v) is 2.16. The zero-order valence-corrected chi connectivity index (χ0v) is 12.8. The fraction of sp³-hybridized carbons (Fsp3) is 0.533. The molecule has 116 valence electrons. The van der Waals surface area contributed by atoms with Gasteiger partial charge in [0.25, 0.3) is 11.6 Å². The average Bonchev–Trinajstić information content (AvgIpc) is 2.46. The highest BCUT2D eigenvalue weighted by Crippen LogP contribution is 2.25. The molecule has 1 amide bonds. The lowest BCUT2D eigenvalue weighted by atomic mass is 10.1. The lowest BCUT2D eigenvalue weighted by Crippen LogP contribution is -2.34. The molecular weight excluding hydrogens is 270 g/mol. The van der Waals surface area contributed by atoms with Crippen molar-refractivity contribution in [3.8, 4) is 0 Å². The van der Waals surface area contributed by atoms with E-state index >= 15 is 0 Å². The largest absolute Gasteiger partial charge is 0.380 e. The summed E-state index contributed by atoms with van der Waals surface area (Å²) >= 11 is 0. The molecule has 0 aliphatic heterocycles. The number of hydrogen-bond donors (Lipinski definition) is 2. The van der Waals surface area contributed by atoms with Gasteiger partial charge in [-0.05, 0) is 31.9 Å². The number of nitro groups is 1. The van der Waals surface area contributed by atoms with E-state index in [1.807, 2.05) is 13.8 Å². The van der Waals surface area contributed by atoms with Gasteiger partial charge in [0, 0.05) is 24.2 Å². The van der Waals surface area contributed by atoms with E-state index in [9.17, 15) is 14.9 Å². The number of rotatable bonds is 8. The van der Waals surface area contributed by atoms with Crippen LogP contribution >= 0.6 is 0 Å². The molecule has 0 radical (unpaired) electrons. The SMILES string of the molecule is CCCC(CC)NC(=O)c1ccc([N+](=O)[O-])c(NCC)c1. The minimum Gasteiger partial charge on any atom is -0.380 e. The summed E-state index contributed by atoms with van der Waals surface area (Å²) < 4.78 is 0. The fourth-order valence-electron chi connectivity index (χ4n) is 2.16. The Bertz CT molecular complexity index is 503. The smallest absolute Gasteiger partial charge is 0.292 e. The molecule has 0 spiro atoms. The predicted molar refractivity (Wildman–Crippen MR) is 83.7 cm³/mol. The first-order valence-electron chi connectivity index (χ1n) is 7.36. The van der Waals surface area contributed by atoms with Gasteiger partial charge in [0.05, 0.1) is 4.92 Å². The Hall–Kier alpha value is -2.11. The molecule has 1 rings (SSSR count). The Labute approximate surface area is 125 Å². The minimum absolute atomic E-state index is 0.0194. The van der Waals surface area contributed by atoms with Crippen LogP contribution in [0.25, 0.3) is 0 Å². The number of nitro benzene ring substituents is 1. The van der Waals surface area contributed by atoms with Gasteiger partial charge >= 0.3 is 0 Å². The second-order valence-electron chi connectivity index (χ2n) is 4.89. The quantitative estimate of drug-likeness (QED) is 0.568. The number of carbonyl (C=O) groups is 1. The molecule has 1 atom stereocenters. The number of carbonyl (C=O) groups excluding carboxylic acids is 1. The highest BCUT2D eigenvalue weighted by molar-refractivity contribution is 5.96. The van der Waals surface area contributed by atoms with Gasteiger partial charge in [-0.25, -0.2) is 0 Å². The van der Waals surface area contributed by atoms with Crippen LogP contribution in [-0.2, 0) is 0 Å². The van der Waals surface area contributed by atoms with Crippen molar-refractivity contribution < 1.29 is 9.72 Å². The van der Waals surface area contributed by atoms with Crippen LogP contribution in [0.2, 0.25) is 0 Å². The standard InChI is InChI=1S/C15H23N3O3/c1-4-7-12(5-2)17-15(19)11-8-9-14(18(20)21)13(10-11)16-6-3/h8-10,12,16H,4-7H2,1-3H3,(H,17,19). The molecule has 2 N–H and O–H groups in total. The Morgan fingerprint density at radius 3 is 2.57 bits per heavy atom. The maximum Gasteiger partial charge on any atom is 0.292 e. The Kier molecular flexibility index (Phi) is 6.65. The third-order valence-corrected chi connectivity index (χ3v) is 3.29. The Balaban J connectivity index is 2.94. The van der Waals surface area contributed by atoms with Gasteiger partial charge in [-0.2, -0.15) is 0 Å². The number of benzene rings is 1. The third-order valence-electron chi connectivity index (χ3n) is 3.29. The number of nitrogens with one attached hydrogen (secondary N) is 2. The number of hydrogen-bond acceptors (Lipinski definition) is 4. The van der Waals surface area contributed by atoms with E-state index in [-0.39, 0.29) is 17.6 Å². The van der Waals surface area contributed by atoms with Gasteiger partial charge in [0.2, 0.25) is 0 Å². The van der Waals surface area contributed by atoms with Crippen LogP contribution < -0.4 is 10.6 Å². The molecule has 21 heavy (non-hydrogen) atoms. The van der Waals surface area contributed by atoms with Crippen LogP contribution in [0.5, 0.6) is 0 Å². The van der Waals surface area contributed by atoms with Crippen molar-refractivity contribution in [1.82, 2.24) is 5.32 Å². The Morgan fingerprint density at radius 2 is 2.05 bits per heavy atom. The first kappa shape index (κ1) is 16.9. The zero-order chi connectivity index (χ0) is 15.8. The highest BCUT2D eigenvalue weighted by atomic mass is 16.6. The number of amides is 1. The van der Waals surface area contributed by atoms with Gasteiger partial charge in [0.15, 0.2) is 0 Å². The van der Waals surface area contributed by atoms with Crippen molar-refractivity contribution in [1.29, 1.82) is 0 Å². The van der Waals surface area contributed by atoms with E-state index in [4.69, 9.17) is 0 Å². The van der Waals surface area contributed by atoms with E-state index in [1.165, 1.54) is 18.2 Å². The number of anilines is 1. The molecule has 0 saturated heterocycles. The lowest BCUT2D eigenvalue weighted by Gasteiger charge is -2.16. The van der Waals surface area contributed by atoms with Crippen molar-refractivity contribution in [2.75, 3.05) is 11.9 Å². The monoisotopic (exact) mass is 293 g/mol. The van der Waals surface area contributed by atoms with Gasteiger partial charge in [-0.1, -0.05) is 20.3 Å². The normalized spacial score (nSPS) is 11.8. The first-order valence-corrected chi connectivity index (χ1v) is 7.36. The van der Waals surface area contributed by atoms with Crippen LogP contribution in [0.3, 0.4) is 0 Å². The maximum atomic E-state index is 12.2. The molecule has 1 unspecified atom stereocenters. The van der Waals surface area contributed by atoms with Crippen molar-refractivity contribution in [3.63, 3.8) is 0 Å². The summed E-state index contributed by atoms with van der Waals surface area (Å²) in [6, 6.07) is 4.54. The summed E-state index contributed by atoms with van der Waals surface area (Å²) in [5.74, 6) is -0.190. The summed E-state index contributed by atoms with van der Waals surface area (Å²) in [5, 5.41) is 16.8. The summed E-state index contributed by atoms with van der Waals surface area (Å²) in [5.41, 5.74) is 0.791. The first-order chi connectivity index (χ1) is 10.0. The van der Waals surface area contributed by atoms with E-state index < -0.39 is 4.92 Å². The van der Waals surface area contributed by atoms with E-state index in [1.54, 1.807) is 0 Å².